The second kappa shape index (κ2) is 5.13. The minimum atomic E-state index is 0.574. The van der Waals surface area contributed by atoms with Crippen molar-refractivity contribution in [2.24, 2.45) is 7.05 Å². The highest BCUT2D eigenvalue weighted by Crippen LogP contribution is 2.20. The van der Waals surface area contributed by atoms with E-state index in [-0.39, 0.29) is 0 Å². The second-order valence-corrected chi connectivity index (χ2v) is 4.57. The summed E-state index contributed by atoms with van der Waals surface area (Å²) >= 11 is 0. The van der Waals surface area contributed by atoms with Gasteiger partial charge in [-0.2, -0.15) is 10.2 Å². The summed E-state index contributed by atoms with van der Waals surface area (Å²) in [5.74, 6) is 0. The molecule has 0 fully saturated rings. The average molecular weight is 266 g/mol. The predicted molar refractivity (Wildman–Crippen MR) is 75.4 cm³/mol. The van der Waals surface area contributed by atoms with Gasteiger partial charge in [0, 0.05) is 19.4 Å². The van der Waals surface area contributed by atoms with Gasteiger partial charge in [0.05, 0.1) is 17.8 Å². The number of aryl methyl sites for hydroxylation is 1. The largest absolute Gasteiger partial charge is 0.298 e. The third-order valence-corrected chi connectivity index (χ3v) is 3.17. The highest BCUT2D eigenvalue weighted by molar-refractivity contribution is 5.84. The molecule has 0 radical (unpaired) electrons. The summed E-state index contributed by atoms with van der Waals surface area (Å²) in [7, 11) is 1.83. The predicted octanol–water partition coefficient (Wildman–Crippen LogP) is 2.14. The Hall–Kier alpha value is -2.69. The zero-order valence-corrected chi connectivity index (χ0v) is 11.1. The van der Waals surface area contributed by atoms with Crippen LogP contribution in [0.1, 0.15) is 15.9 Å². The van der Waals surface area contributed by atoms with Crippen molar-refractivity contribution in [3.8, 4) is 11.4 Å². The van der Waals surface area contributed by atoms with Gasteiger partial charge in [-0.15, -0.1) is 0 Å². The van der Waals surface area contributed by atoms with E-state index in [9.17, 15) is 4.79 Å². The molecular weight excluding hydrogens is 252 g/mol. The standard InChI is InChI=1S/C15H14N4O/c1-18-14(7-8-16-18)15-13(11-20)10-19(17-15)9-12-5-3-2-4-6-12/h2-8,10-11H,9H2,1H3. The van der Waals surface area contributed by atoms with E-state index < -0.39 is 0 Å². The number of nitrogens with zero attached hydrogens (tertiary/aromatic N) is 4. The number of benzene rings is 1. The molecule has 2 heterocycles. The smallest absolute Gasteiger partial charge is 0.153 e. The molecule has 2 aromatic heterocycles. The fourth-order valence-corrected chi connectivity index (χ4v) is 2.18. The molecule has 0 saturated carbocycles. The summed E-state index contributed by atoms with van der Waals surface area (Å²) in [5.41, 5.74) is 3.21. The molecule has 0 atom stereocenters. The molecule has 0 amide bonds. The molecule has 20 heavy (non-hydrogen) atoms. The first kappa shape index (κ1) is 12.3. The fraction of sp³-hybridized carbons (Fsp3) is 0.133. The minimum Gasteiger partial charge on any atom is -0.298 e. The molecule has 5 nitrogen and oxygen atoms in total. The maximum Gasteiger partial charge on any atom is 0.153 e. The highest BCUT2D eigenvalue weighted by Gasteiger charge is 2.13. The van der Waals surface area contributed by atoms with Crippen LogP contribution in [-0.4, -0.2) is 25.8 Å². The van der Waals surface area contributed by atoms with E-state index in [1.54, 1.807) is 21.8 Å². The van der Waals surface area contributed by atoms with Crippen LogP contribution in [0.3, 0.4) is 0 Å². The molecular formula is C15H14N4O. The number of aromatic nitrogens is 4. The van der Waals surface area contributed by atoms with Crippen LogP contribution < -0.4 is 0 Å². The quantitative estimate of drug-likeness (QED) is 0.680. The Labute approximate surface area is 116 Å². The second-order valence-electron chi connectivity index (χ2n) is 4.57. The van der Waals surface area contributed by atoms with E-state index in [1.807, 2.05) is 43.4 Å². The lowest BCUT2D eigenvalue weighted by atomic mass is 10.2. The van der Waals surface area contributed by atoms with Crippen LogP contribution in [0.15, 0.2) is 48.8 Å². The van der Waals surface area contributed by atoms with Crippen LogP contribution in [0.5, 0.6) is 0 Å². The third-order valence-electron chi connectivity index (χ3n) is 3.17. The Morgan fingerprint density at radius 3 is 2.65 bits per heavy atom. The molecule has 3 rings (SSSR count). The van der Waals surface area contributed by atoms with Crippen molar-refractivity contribution in [1.82, 2.24) is 19.6 Å². The van der Waals surface area contributed by atoms with Gasteiger partial charge in [-0.25, -0.2) is 0 Å². The SMILES string of the molecule is Cn1nccc1-c1nn(Cc2ccccc2)cc1C=O. The van der Waals surface area contributed by atoms with Crippen molar-refractivity contribution in [3.05, 3.63) is 59.9 Å². The normalized spacial score (nSPS) is 10.7. The molecule has 3 aromatic rings. The molecule has 0 N–H and O–H groups in total. The highest BCUT2D eigenvalue weighted by atomic mass is 16.1. The maximum absolute atomic E-state index is 11.2. The van der Waals surface area contributed by atoms with Crippen molar-refractivity contribution < 1.29 is 4.79 Å². The topological polar surface area (TPSA) is 52.7 Å². The van der Waals surface area contributed by atoms with Crippen LogP contribution >= 0.6 is 0 Å². The number of rotatable bonds is 4. The summed E-state index contributed by atoms with van der Waals surface area (Å²) in [6.45, 7) is 0.638. The van der Waals surface area contributed by atoms with Gasteiger partial charge in [-0.3, -0.25) is 14.2 Å². The van der Waals surface area contributed by atoms with E-state index in [0.717, 1.165) is 17.5 Å². The Balaban J connectivity index is 1.97. The molecule has 0 unspecified atom stereocenters. The molecule has 0 aliphatic heterocycles. The van der Waals surface area contributed by atoms with Crippen molar-refractivity contribution in [3.63, 3.8) is 0 Å². The first-order chi connectivity index (χ1) is 9.78. The van der Waals surface area contributed by atoms with Crippen molar-refractivity contribution in [2.45, 2.75) is 6.54 Å². The summed E-state index contributed by atoms with van der Waals surface area (Å²) < 4.78 is 3.49. The Morgan fingerprint density at radius 2 is 2.00 bits per heavy atom. The van der Waals surface area contributed by atoms with Crippen LogP contribution in [0.4, 0.5) is 0 Å². The summed E-state index contributed by atoms with van der Waals surface area (Å²) in [6, 6.07) is 11.9. The molecule has 0 bridgehead atoms. The van der Waals surface area contributed by atoms with Crippen molar-refractivity contribution >= 4 is 6.29 Å². The molecule has 0 saturated heterocycles. The number of hydrogen-bond donors (Lipinski definition) is 0. The van der Waals surface area contributed by atoms with Crippen LogP contribution in [0, 0.1) is 0 Å². The zero-order valence-electron chi connectivity index (χ0n) is 11.1. The first-order valence-corrected chi connectivity index (χ1v) is 6.33. The van der Waals surface area contributed by atoms with E-state index in [4.69, 9.17) is 0 Å². The first-order valence-electron chi connectivity index (χ1n) is 6.33. The lowest BCUT2D eigenvalue weighted by Crippen LogP contribution is -2.01. The molecule has 0 aliphatic carbocycles. The van der Waals surface area contributed by atoms with Gasteiger partial charge in [-0.05, 0) is 11.6 Å². The summed E-state index contributed by atoms with van der Waals surface area (Å²) in [5, 5.41) is 8.62. The van der Waals surface area contributed by atoms with Crippen molar-refractivity contribution in [1.29, 1.82) is 0 Å². The molecule has 100 valence electrons. The van der Waals surface area contributed by atoms with Gasteiger partial charge < -0.3 is 0 Å². The van der Waals surface area contributed by atoms with Crippen LogP contribution in [-0.2, 0) is 13.6 Å². The average Bonchev–Trinajstić information content (AvgIpc) is 3.05. The van der Waals surface area contributed by atoms with Gasteiger partial charge in [0.15, 0.2) is 6.29 Å². The van der Waals surface area contributed by atoms with E-state index in [0.29, 0.717) is 17.8 Å². The fourth-order valence-electron chi connectivity index (χ4n) is 2.18. The molecule has 0 spiro atoms. The van der Waals surface area contributed by atoms with Gasteiger partial charge in [0.25, 0.3) is 0 Å². The number of hydrogen-bond acceptors (Lipinski definition) is 3. The number of aldehydes is 1. The maximum atomic E-state index is 11.2. The summed E-state index contributed by atoms with van der Waals surface area (Å²) in [4.78, 5) is 11.2. The molecule has 5 heteroatoms. The number of carbonyl (C=O) groups is 1. The Kier molecular flexibility index (Phi) is 3.16. The Bertz CT molecular complexity index is 727. The molecule has 0 aliphatic rings. The zero-order chi connectivity index (χ0) is 13.9. The molecule has 1 aromatic carbocycles. The van der Waals surface area contributed by atoms with Crippen LogP contribution in [0.25, 0.3) is 11.4 Å². The van der Waals surface area contributed by atoms with E-state index in [1.165, 1.54) is 0 Å². The minimum absolute atomic E-state index is 0.574. The van der Waals surface area contributed by atoms with E-state index in [2.05, 4.69) is 10.2 Å². The third kappa shape index (κ3) is 2.25. The lowest BCUT2D eigenvalue weighted by Gasteiger charge is -2.01. The Morgan fingerprint density at radius 1 is 1.20 bits per heavy atom. The monoisotopic (exact) mass is 266 g/mol. The lowest BCUT2D eigenvalue weighted by molar-refractivity contribution is 0.112. The van der Waals surface area contributed by atoms with Gasteiger partial charge >= 0.3 is 0 Å². The van der Waals surface area contributed by atoms with Crippen LogP contribution in [0.2, 0.25) is 0 Å². The summed E-state index contributed by atoms with van der Waals surface area (Å²) in [6.07, 6.45) is 4.29. The van der Waals surface area contributed by atoms with Gasteiger partial charge in [0.1, 0.15) is 5.69 Å². The van der Waals surface area contributed by atoms with Gasteiger partial charge in [-0.1, -0.05) is 30.3 Å². The number of carbonyl (C=O) groups excluding carboxylic acids is 1. The van der Waals surface area contributed by atoms with Gasteiger partial charge in [0.2, 0.25) is 0 Å². The van der Waals surface area contributed by atoms with E-state index >= 15 is 0 Å². The van der Waals surface area contributed by atoms with Crippen molar-refractivity contribution in [2.75, 3.05) is 0 Å².